The van der Waals surface area contributed by atoms with Gasteiger partial charge in [-0.2, -0.15) is 0 Å². The number of carbonyl (C=O) groups excluding carboxylic acids is 2. The van der Waals surface area contributed by atoms with Crippen molar-refractivity contribution >= 4 is 23.2 Å². The van der Waals surface area contributed by atoms with Crippen LogP contribution in [0.3, 0.4) is 0 Å². The Labute approximate surface area is 239 Å². The molecule has 210 valence electrons. The van der Waals surface area contributed by atoms with Gasteiger partial charge in [0.05, 0.1) is 24.6 Å². The molecule has 0 unspecified atom stereocenters. The molecule has 1 aromatic heterocycles. The number of carbonyl (C=O) groups is 2. The van der Waals surface area contributed by atoms with E-state index >= 15 is 0 Å². The number of amides is 2. The minimum atomic E-state index is -0.281. The highest BCUT2D eigenvalue weighted by Gasteiger charge is 2.21. The van der Waals surface area contributed by atoms with Gasteiger partial charge in [0.2, 0.25) is 6.79 Å². The van der Waals surface area contributed by atoms with E-state index in [9.17, 15) is 9.59 Å². The monoisotopic (exact) mass is 551 g/mol. The Kier molecular flexibility index (Phi) is 7.41. The third-order valence-electron chi connectivity index (χ3n) is 7.15. The van der Waals surface area contributed by atoms with Gasteiger partial charge < -0.3 is 24.4 Å². The predicted molar refractivity (Wildman–Crippen MR) is 159 cm³/mol. The SMILES string of the molecule is COc1ccc(C(C)(C)C)cc1C(=O)Nc1cnc(C)c(-c2ccc(C(=O)N(C)c3ccc4c(c3)OCO4)cc2)c1. The average molecular weight is 552 g/mol. The van der Waals surface area contributed by atoms with Crippen molar-refractivity contribution in [2.75, 3.05) is 31.2 Å². The molecule has 0 aliphatic carbocycles. The number of aryl methyl sites for hydroxylation is 1. The molecule has 0 saturated carbocycles. The third kappa shape index (κ3) is 5.72. The maximum absolute atomic E-state index is 13.3. The number of hydrogen-bond donors (Lipinski definition) is 1. The Hall–Kier alpha value is -4.85. The minimum Gasteiger partial charge on any atom is -0.496 e. The van der Waals surface area contributed by atoms with Crippen LogP contribution in [0.15, 0.2) is 72.9 Å². The van der Waals surface area contributed by atoms with Crippen molar-refractivity contribution in [1.29, 1.82) is 0 Å². The second-order valence-corrected chi connectivity index (χ2v) is 11.0. The smallest absolute Gasteiger partial charge is 0.259 e. The lowest BCUT2D eigenvalue weighted by atomic mass is 9.86. The molecule has 8 nitrogen and oxygen atoms in total. The molecule has 0 fully saturated rings. The van der Waals surface area contributed by atoms with Crippen LogP contribution in [0.25, 0.3) is 11.1 Å². The van der Waals surface area contributed by atoms with E-state index in [-0.39, 0.29) is 24.0 Å². The van der Waals surface area contributed by atoms with E-state index in [0.717, 1.165) is 22.4 Å². The summed E-state index contributed by atoms with van der Waals surface area (Å²) in [5.74, 6) is 1.35. The lowest BCUT2D eigenvalue weighted by Gasteiger charge is -2.21. The second-order valence-electron chi connectivity index (χ2n) is 11.0. The standard InChI is InChI=1S/C33H33N3O5/c1-20-26(16-24(18-34-20)35-31(37)27-15-23(33(2,3)4)11-13-28(27)39-6)21-7-9-22(10-8-21)32(38)36(5)25-12-14-29-30(17-25)41-19-40-29/h7-18H,19H2,1-6H3,(H,35,37). The van der Waals surface area contributed by atoms with E-state index in [4.69, 9.17) is 14.2 Å². The number of nitrogens with zero attached hydrogens (tertiary/aromatic N) is 2. The fourth-order valence-corrected chi connectivity index (χ4v) is 4.64. The summed E-state index contributed by atoms with van der Waals surface area (Å²) in [7, 11) is 3.27. The fourth-order valence-electron chi connectivity index (χ4n) is 4.64. The Morgan fingerprint density at radius 1 is 0.951 bits per heavy atom. The Morgan fingerprint density at radius 2 is 1.68 bits per heavy atom. The maximum Gasteiger partial charge on any atom is 0.259 e. The predicted octanol–water partition coefficient (Wildman–Crippen LogP) is 6.62. The first kappa shape index (κ1) is 27.7. The largest absolute Gasteiger partial charge is 0.496 e. The van der Waals surface area contributed by atoms with E-state index in [0.29, 0.717) is 39.8 Å². The topological polar surface area (TPSA) is 90.0 Å². The van der Waals surface area contributed by atoms with Crippen LogP contribution in [0.1, 0.15) is 52.7 Å². The summed E-state index contributed by atoms with van der Waals surface area (Å²) >= 11 is 0. The molecule has 8 heteroatoms. The van der Waals surface area contributed by atoms with Crippen LogP contribution in [0.2, 0.25) is 0 Å². The van der Waals surface area contributed by atoms with Crippen LogP contribution >= 0.6 is 0 Å². The molecule has 1 N–H and O–H groups in total. The quantitative estimate of drug-likeness (QED) is 0.290. The van der Waals surface area contributed by atoms with E-state index in [2.05, 4.69) is 31.1 Å². The van der Waals surface area contributed by atoms with Crippen LogP contribution in [0, 0.1) is 6.92 Å². The van der Waals surface area contributed by atoms with Crippen molar-refractivity contribution in [3.63, 3.8) is 0 Å². The third-order valence-corrected chi connectivity index (χ3v) is 7.15. The van der Waals surface area contributed by atoms with Gasteiger partial charge in [0.25, 0.3) is 11.8 Å². The molecule has 0 atom stereocenters. The summed E-state index contributed by atoms with van der Waals surface area (Å²) in [5, 5.41) is 2.97. The van der Waals surface area contributed by atoms with Crippen LogP contribution in [0.5, 0.6) is 17.2 Å². The highest BCUT2D eigenvalue weighted by molar-refractivity contribution is 6.07. The number of fused-ring (bicyclic) bond motifs is 1. The molecule has 0 saturated heterocycles. The lowest BCUT2D eigenvalue weighted by molar-refractivity contribution is 0.0990. The number of anilines is 2. The highest BCUT2D eigenvalue weighted by atomic mass is 16.7. The van der Waals surface area contributed by atoms with Gasteiger partial charge in [-0.15, -0.1) is 0 Å². The van der Waals surface area contributed by atoms with Crippen LogP contribution < -0.4 is 24.4 Å². The molecule has 0 radical (unpaired) electrons. The van der Waals surface area contributed by atoms with Gasteiger partial charge >= 0.3 is 0 Å². The summed E-state index contributed by atoms with van der Waals surface area (Å²) in [6, 6.07) is 20.3. The summed E-state index contributed by atoms with van der Waals surface area (Å²) in [6.07, 6.45) is 1.63. The number of hydrogen-bond acceptors (Lipinski definition) is 6. The normalized spacial score (nSPS) is 12.1. The fraction of sp³-hybridized carbons (Fsp3) is 0.242. The summed E-state index contributed by atoms with van der Waals surface area (Å²) in [4.78, 5) is 32.6. The number of pyridine rings is 1. The molecular weight excluding hydrogens is 518 g/mol. The van der Waals surface area contributed by atoms with Crippen molar-refractivity contribution < 1.29 is 23.8 Å². The van der Waals surface area contributed by atoms with Crippen molar-refractivity contribution in [2.24, 2.45) is 0 Å². The van der Waals surface area contributed by atoms with E-state index in [1.54, 1.807) is 49.5 Å². The summed E-state index contributed by atoms with van der Waals surface area (Å²) in [5.41, 5.74) is 5.69. The molecule has 1 aliphatic rings. The second kappa shape index (κ2) is 11.0. The minimum absolute atomic E-state index is 0.118. The molecule has 2 heterocycles. The van der Waals surface area contributed by atoms with Gasteiger partial charge in [0.15, 0.2) is 11.5 Å². The highest BCUT2D eigenvalue weighted by Crippen LogP contribution is 2.36. The molecule has 41 heavy (non-hydrogen) atoms. The van der Waals surface area contributed by atoms with Gasteiger partial charge in [-0.25, -0.2) is 0 Å². The van der Waals surface area contributed by atoms with Gasteiger partial charge in [0.1, 0.15) is 5.75 Å². The zero-order valence-corrected chi connectivity index (χ0v) is 24.1. The molecule has 0 spiro atoms. The molecular formula is C33H33N3O5. The Balaban J connectivity index is 1.35. The van der Waals surface area contributed by atoms with Gasteiger partial charge in [-0.3, -0.25) is 14.6 Å². The number of aromatic nitrogens is 1. The molecule has 4 aromatic rings. The molecule has 5 rings (SSSR count). The first-order valence-electron chi connectivity index (χ1n) is 13.3. The van der Waals surface area contributed by atoms with Crippen molar-refractivity contribution in [3.8, 4) is 28.4 Å². The van der Waals surface area contributed by atoms with Gasteiger partial charge in [0, 0.05) is 35.6 Å². The maximum atomic E-state index is 13.3. The molecule has 3 aromatic carbocycles. The number of benzene rings is 3. The number of methoxy groups -OCH3 is 1. The van der Waals surface area contributed by atoms with Crippen molar-refractivity contribution in [2.45, 2.75) is 33.1 Å². The zero-order valence-electron chi connectivity index (χ0n) is 24.1. The van der Waals surface area contributed by atoms with Crippen molar-refractivity contribution in [3.05, 3.63) is 95.3 Å². The first-order valence-corrected chi connectivity index (χ1v) is 13.3. The molecule has 1 aliphatic heterocycles. The zero-order chi connectivity index (χ0) is 29.3. The summed E-state index contributed by atoms with van der Waals surface area (Å²) in [6.45, 7) is 8.38. The average Bonchev–Trinajstić information content (AvgIpc) is 3.45. The Morgan fingerprint density at radius 3 is 2.39 bits per heavy atom. The molecule has 0 bridgehead atoms. The van der Waals surface area contributed by atoms with Crippen molar-refractivity contribution in [1.82, 2.24) is 4.98 Å². The van der Waals surface area contributed by atoms with Crippen LogP contribution in [0.4, 0.5) is 11.4 Å². The molecule has 2 amide bonds. The van der Waals surface area contributed by atoms with Crippen LogP contribution in [-0.2, 0) is 5.41 Å². The lowest BCUT2D eigenvalue weighted by Crippen LogP contribution is -2.26. The van der Waals surface area contributed by atoms with Gasteiger partial charge in [-0.05, 0) is 65.9 Å². The number of ether oxygens (including phenoxy) is 3. The van der Waals surface area contributed by atoms with Crippen LogP contribution in [-0.4, -0.2) is 37.7 Å². The number of nitrogens with one attached hydrogen (secondary N) is 1. The van der Waals surface area contributed by atoms with E-state index in [1.165, 1.54) is 0 Å². The summed E-state index contributed by atoms with van der Waals surface area (Å²) < 4.78 is 16.3. The number of rotatable bonds is 6. The Bertz CT molecular complexity index is 1620. The van der Waals surface area contributed by atoms with Gasteiger partial charge in [-0.1, -0.05) is 39.0 Å². The van der Waals surface area contributed by atoms with E-state index in [1.807, 2.05) is 49.4 Å². The first-order chi connectivity index (χ1) is 19.5. The van der Waals surface area contributed by atoms with E-state index < -0.39 is 0 Å².